The van der Waals surface area contributed by atoms with Crippen LogP contribution in [0.15, 0.2) is 23.1 Å². The van der Waals surface area contributed by atoms with Crippen LogP contribution in [-0.2, 0) is 4.79 Å². The standard InChI is InChI=1S/C14H14F2N2OS/c1-14(8-17,9-2-3-9)18-13(19)7-20-12-5-4-10(15)6-11(12)16/h4-6,9H,2-3,7H2,1H3,(H,18,19)/t14-/m0/s1. The molecule has 0 spiro atoms. The van der Waals surface area contributed by atoms with E-state index in [0.717, 1.165) is 36.7 Å². The van der Waals surface area contributed by atoms with Crippen molar-refractivity contribution in [3.8, 4) is 6.07 Å². The minimum atomic E-state index is -0.848. The van der Waals surface area contributed by atoms with Gasteiger partial charge in [-0.05, 0) is 37.8 Å². The first-order chi connectivity index (χ1) is 9.44. The number of carbonyl (C=O) groups is 1. The van der Waals surface area contributed by atoms with E-state index in [-0.39, 0.29) is 22.5 Å². The second-order valence-electron chi connectivity index (χ2n) is 5.00. The number of halogens is 2. The zero-order chi connectivity index (χ0) is 14.8. The van der Waals surface area contributed by atoms with Crippen LogP contribution in [0.2, 0.25) is 0 Å². The van der Waals surface area contributed by atoms with Crippen molar-refractivity contribution in [3.63, 3.8) is 0 Å². The Morgan fingerprint density at radius 1 is 1.55 bits per heavy atom. The summed E-state index contributed by atoms with van der Waals surface area (Å²) in [5.74, 6) is -1.47. The highest BCUT2D eigenvalue weighted by molar-refractivity contribution is 8.00. The summed E-state index contributed by atoms with van der Waals surface area (Å²) < 4.78 is 26.1. The monoisotopic (exact) mass is 296 g/mol. The summed E-state index contributed by atoms with van der Waals surface area (Å²) in [5.41, 5.74) is -0.848. The highest BCUT2D eigenvalue weighted by atomic mass is 32.2. The molecule has 20 heavy (non-hydrogen) atoms. The molecule has 1 amide bonds. The second-order valence-corrected chi connectivity index (χ2v) is 6.02. The van der Waals surface area contributed by atoms with Gasteiger partial charge in [0.25, 0.3) is 0 Å². The summed E-state index contributed by atoms with van der Waals surface area (Å²) in [4.78, 5) is 12.0. The number of nitrogens with zero attached hydrogens (tertiary/aromatic N) is 1. The van der Waals surface area contributed by atoms with Crippen LogP contribution in [0.4, 0.5) is 8.78 Å². The van der Waals surface area contributed by atoms with Gasteiger partial charge in [0.1, 0.15) is 17.2 Å². The maximum absolute atomic E-state index is 13.4. The summed E-state index contributed by atoms with van der Waals surface area (Å²) in [5, 5.41) is 11.8. The van der Waals surface area contributed by atoms with Gasteiger partial charge in [-0.15, -0.1) is 11.8 Å². The van der Waals surface area contributed by atoms with Gasteiger partial charge in [0, 0.05) is 11.0 Å². The molecule has 6 heteroatoms. The zero-order valence-electron chi connectivity index (χ0n) is 11.0. The van der Waals surface area contributed by atoms with Crippen LogP contribution in [0, 0.1) is 28.9 Å². The molecule has 0 aromatic heterocycles. The quantitative estimate of drug-likeness (QED) is 0.850. The summed E-state index contributed by atoms with van der Waals surface area (Å²) >= 11 is 0.984. The molecule has 3 nitrogen and oxygen atoms in total. The third kappa shape index (κ3) is 3.48. The van der Waals surface area contributed by atoms with Crippen molar-refractivity contribution in [1.82, 2.24) is 5.32 Å². The molecular formula is C14H14F2N2OS. The normalized spacial score (nSPS) is 17.1. The summed E-state index contributed by atoms with van der Waals surface area (Å²) in [6, 6.07) is 5.35. The molecule has 1 saturated carbocycles. The Balaban J connectivity index is 1.90. The number of rotatable bonds is 5. The van der Waals surface area contributed by atoms with E-state index in [4.69, 9.17) is 5.26 Å². The largest absolute Gasteiger partial charge is 0.337 e. The Morgan fingerprint density at radius 2 is 2.25 bits per heavy atom. The number of hydrogen-bond acceptors (Lipinski definition) is 3. The van der Waals surface area contributed by atoms with Crippen LogP contribution in [0.5, 0.6) is 0 Å². The molecule has 1 N–H and O–H groups in total. The lowest BCUT2D eigenvalue weighted by Crippen LogP contribution is -2.47. The molecule has 1 atom stereocenters. The number of carbonyl (C=O) groups excluding carboxylic acids is 1. The molecule has 0 bridgehead atoms. The number of benzene rings is 1. The molecule has 106 valence electrons. The van der Waals surface area contributed by atoms with Gasteiger partial charge in [-0.1, -0.05) is 0 Å². The average molecular weight is 296 g/mol. The minimum absolute atomic E-state index is 0.00740. The third-order valence-corrected chi connectivity index (χ3v) is 4.33. The molecule has 0 aliphatic heterocycles. The van der Waals surface area contributed by atoms with E-state index < -0.39 is 17.2 Å². The number of amides is 1. The van der Waals surface area contributed by atoms with Gasteiger partial charge < -0.3 is 5.32 Å². The predicted octanol–water partition coefficient (Wildman–Crippen LogP) is 2.87. The Hall–Kier alpha value is -1.61. The van der Waals surface area contributed by atoms with Crippen LogP contribution in [-0.4, -0.2) is 17.2 Å². The van der Waals surface area contributed by atoms with Crippen LogP contribution >= 0.6 is 11.8 Å². The highest BCUT2D eigenvalue weighted by Crippen LogP contribution is 2.39. The molecule has 0 heterocycles. The molecule has 1 aromatic carbocycles. The molecule has 2 rings (SSSR count). The van der Waals surface area contributed by atoms with Crippen molar-refractivity contribution in [3.05, 3.63) is 29.8 Å². The van der Waals surface area contributed by atoms with E-state index in [1.807, 2.05) is 0 Å². The van der Waals surface area contributed by atoms with Crippen molar-refractivity contribution < 1.29 is 13.6 Å². The second kappa shape index (κ2) is 5.80. The van der Waals surface area contributed by atoms with Gasteiger partial charge in [-0.3, -0.25) is 4.79 Å². The number of hydrogen-bond donors (Lipinski definition) is 1. The minimum Gasteiger partial charge on any atom is -0.337 e. The van der Waals surface area contributed by atoms with Crippen molar-refractivity contribution in [2.45, 2.75) is 30.2 Å². The lowest BCUT2D eigenvalue weighted by atomic mass is 9.98. The van der Waals surface area contributed by atoms with Crippen molar-refractivity contribution in [1.29, 1.82) is 5.26 Å². The fourth-order valence-electron chi connectivity index (χ4n) is 1.94. The Morgan fingerprint density at radius 3 is 2.80 bits per heavy atom. The maximum atomic E-state index is 13.4. The predicted molar refractivity (Wildman–Crippen MR) is 72.0 cm³/mol. The van der Waals surface area contributed by atoms with Crippen LogP contribution in [0.1, 0.15) is 19.8 Å². The maximum Gasteiger partial charge on any atom is 0.231 e. The average Bonchev–Trinajstić information content (AvgIpc) is 3.22. The first-order valence-electron chi connectivity index (χ1n) is 6.25. The van der Waals surface area contributed by atoms with Crippen molar-refractivity contribution in [2.24, 2.45) is 5.92 Å². The van der Waals surface area contributed by atoms with Gasteiger partial charge in [-0.25, -0.2) is 8.78 Å². The zero-order valence-corrected chi connectivity index (χ0v) is 11.8. The molecule has 0 unspecified atom stereocenters. The topological polar surface area (TPSA) is 52.9 Å². The molecule has 0 radical (unpaired) electrons. The molecule has 1 aliphatic carbocycles. The van der Waals surface area contributed by atoms with Gasteiger partial charge in [-0.2, -0.15) is 5.26 Å². The molecule has 1 aromatic rings. The summed E-state index contributed by atoms with van der Waals surface area (Å²) in [7, 11) is 0. The Bertz CT molecular complexity index is 569. The van der Waals surface area contributed by atoms with E-state index in [0.29, 0.717) is 0 Å². The van der Waals surface area contributed by atoms with Crippen molar-refractivity contribution in [2.75, 3.05) is 5.75 Å². The van der Waals surface area contributed by atoms with Gasteiger partial charge >= 0.3 is 0 Å². The van der Waals surface area contributed by atoms with Gasteiger partial charge in [0.2, 0.25) is 5.91 Å². The van der Waals surface area contributed by atoms with Gasteiger partial charge in [0.05, 0.1) is 11.8 Å². The van der Waals surface area contributed by atoms with Crippen LogP contribution in [0.25, 0.3) is 0 Å². The summed E-state index contributed by atoms with van der Waals surface area (Å²) in [6.07, 6.45) is 1.87. The molecular weight excluding hydrogens is 282 g/mol. The smallest absolute Gasteiger partial charge is 0.231 e. The van der Waals surface area contributed by atoms with E-state index in [1.165, 1.54) is 6.07 Å². The SMILES string of the molecule is C[C@@](C#N)(NC(=O)CSc1ccc(F)cc1F)C1CC1. The van der Waals surface area contributed by atoms with E-state index in [2.05, 4.69) is 11.4 Å². The Kier molecular flexibility index (Phi) is 4.29. The number of nitriles is 1. The van der Waals surface area contributed by atoms with E-state index in [1.54, 1.807) is 6.92 Å². The number of thioether (sulfide) groups is 1. The fourth-order valence-corrected chi connectivity index (χ4v) is 2.66. The molecule has 0 saturated heterocycles. The lowest BCUT2D eigenvalue weighted by molar-refractivity contribution is -0.119. The van der Waals surface area contributed by atoms with E-state index in [9.17, 15) is 13.6 Å². The first kappa shape index (κ1) is 14.8. The van der Waals surface area contributed by atoms with Crippen LogP contribution in [0.3, 0.4) is 0 Å². The van der Waals surface area contributed by atoms with E-state index >= 15 is 0 Å². The lowest BCUT2D eigenvalue weighted by Gasteiger charge is -2.22. The fraction of sp³-hybridized carbons (Fsp3) is 0.429. The Labute approximate surface area is 120 Å². The van der Waals surface area contributed by atoms with Crippen LogP contribution < -0.4 is 5.32 Å². The highest BCUT2D eigenvalue weighted by Gasteiger charge is 2.42. The number of nitrogens with one attached hydrogen (secondary N) is 1. The third-order valence-electron chi connectivity index (χ3n) is 3.28. The first-order valence-corrected chi connectivity index (χ1v) is 7.23. The molecule has 1 aliphatic rings. The summed E-state index contributed by atoms with van der Waals surface area (Å²) in [6.45, 7) is 1.70. The van der Waals surface area contributed by atoms with Gasteiger partial charge in [0.15, 0.2) is 0 Å². The molecule has 1 fully saturated rings. The van der Waals surface area contributed by atoms with Crippen molar-refractivity contribution >= 4 is 17.7 Å².